The molecule has 1 unspecified atom stereocenters. The molecule has 0 amide bonds. The summed E-state index contributed by atoms with van der Waals surface area (Å²) in [6.45, 7) is 1.21. The summed E-state index contributed by atoms with van der Waals surface area (Å²) < 4.78 is 42.9. The smallest absolute Gasteiger partial charge is 0.416 e. The zero-order valence-electron chi connectivity index (χ0n) is 9.01. The number of benzene rings is 1. The van der Waals surface area contributed by atoms with Gasteiger partial charge in [-0.2, -0.15) is 13.2 Å². The highest BCUT2D eigenvalue weighted by atomic mass is 19.4. The number of aliphatic hydroxyl groups is 1. The molecule has 0 aromatic heterocycles. The SMILES string of the molecule is COc1ccc(C(C)CO)c(C(F)(F)F)c1. The zero-order valence-corrected chi connectivity index (χ0v) is 9.01. The van der Waals surface area contributed by atoms with Gasteiger partial charge in [0.2, 0.25) is 0 Å². The molecule has 0 saturated carbocycles. The van der Waals surface area contributed by atoms with Crippen LogP contribution in [-0.2, 0) is 6.18 Å². The molecule has 1 rings (SSSR count). The van der Waals surface area contributed by atoms with Crippen molar-refractivity contribution in [3.05, 3.63) is 29.3 Å². The van der Waals surface area contributed by atoms with Gasteiger partial charge in [-0.3, -0.25) is 0 Å². The van der Waals surface area contributed by atoms with Gasteiger partial charge in [0.15, 0.2) is 0 Å². The van der Waals surface area contributed by atoms with Gasteiger partial charge in [-0.15, -0.1) is 0 Å². The normalized spacial score (nSPS) is 13.6. The number of ether oxygens (including phenoxy) is 1. The molecule has 1 aromatic carbocycles. The summed E-state index contributed by atoms with van der Waals surface area (Å²) in [5.74, 6) is -0.399. The molecule has 0 saturated heterocycles. The van der Waals surface area contributed by atoms with Crippen LogP contribution in [-0.4, -0.2) is 18.8 Å². The molecule has 0 heterocycles. The van der Waals surface area contributed by atoms with E-state index in [2.05, 4.69) is 0 Å². The predicted molar refractivity (Wildman–Crippen MR) is 53.5 cm³/mol. The Morgan fingerprint density at radius 1 is 1.38 bits per heavy atom. The minimum Gasteiger partial charge on any atom is -0.497 e. The number of alkyl halides is 3. The molecule has 0 fully saturated rings. The molecular weight excluding hydrogens is 221 g/mol. The maximum absolute atomic E-state index is 12.7. The lowest BCUT2D eigenvalue weighted by Gasteiger charge is -2.17. The van der Waals surface area contributed by atoms with E-state index >= 15 is 0 Å². The Hall–Kier alpha value is -1.23. The summed E-state index contributed by atoms with van der Waals surface area (Å²) in [6.07, 6.45) is -4.44. The lowest BCUT2D eigenvalue weighted by atomic mass is 9.96. The summed E-state index contributed by atoms with van der Waals surface area (Å²) in [7, 11) is 1.31. The molecule has 0 aliphatic heterocycles. The van der Waals surface area contributed by atoms with Crippen molar-refractivity contribution >= 4 is 0 Å². The molecular formula is C11H13F3O2. The molecule has 16 heavy (non-hydrogen) atoms. The van der Waals surface area contributed by atoms with E-state index in [4.69, 9.17) is 9.84 Å². The highest BCUT2D eigenvalue weighted by Gasteiger charge is 2.34. The van der Waals surface area contributed by atoms with Crippen molar-refractivity contribution in [2.24, 2.45) is 0 Å². The van der Waals surface area contributed by atoms with Crippen LogP contribution in [0.3, 0.4) is 0 Å². The van der Waals surface area contributed by atoms with Crippen molar-refractivity contribution in [3.8, 4) is 5.75 Å². The number of hydrogen-bond acceptors (Lipinski definition) is 2. The maximum atomic E-state index is 12.7. The largest absolute Gasteiger partial charge is 0.497 e. The molecule has 1 atom stereocenters. The molecule has 0 bridgehead atoms. The summed E-state index contributed by atoms with van der Waals surface area (Å²) in [4.78, 5) is 0. The Morgan fingerprint density at radius 2 is 2.00 bits per heavy atom. The topological polar surface area (TPSA) is 29.5 Å². The second-order valence-corrected chi connectivity index (χ2v) is 3.53. The number of halogens is 3. The third-order valence-electron chi connectivity index (χ3n) is 2.37. The van der Waals surface area contributed by atoms with Gasteiger partial charge in [-0.1, -0.05) is 13.0 Å². The standard InChI is InChI=1S/C11H13F3O2/c1-7(6-15)9-4-3-8(16-2)5-10(9)11(12,13)14/h3-5,7,15H,6H2,1-2H3. The van der Waals surface area contributed by atoms with Crippen LogP contribution in [0.25, 0.3) is 0 Å². The first-order valence-electron chi connectivity index (χ1n) is 4.76. The lowest BCUT2D eigenvalue weighted by molar-refractivity contribution is -0.138. The van der Waals surface area contributed by atoms with E-state index in [1.807, 2.05) is 0 Å². The van der Waals surface area contributed by atoms with Crippen LogP contribution in [0.2, 0.25) is 0 Å². The van der Waals surface area contributed by atoms with Crippen LogP contribution >= 0.6 is 0 Å². The molecule has 0 spiro atoms. The van der Waals surface area contributed by atoms with Crippen molar-refractivity contribution in [1.29, 1.82) is 0 Å². The number of rotatable bonds is 3. The predicted octanol–water partition coefficient (Wildman–Crippen LogP) is 2.81. The quantitative estimate of drug-likeness (QED) is 0.871. The Balaban J connectivity index is 3.27. The lowest BCUT2D eigenvalue weighted by Crippen LogP contribution is -2.12. The summed E-state index contributed by atoms with van der Waals surface area (Å²) >= 11 is 0. The van der Waals surface area contributed by atoms with Crippen LogP contribution < -0.4 is 4.74 Å². The number of methoxy groups -OCH3 is 1. The third kappa shape index (κ3) is 2.66. The summed E-state index contributed by atoms with van der Waals surface area (Å²) in [5, 5.41) is 8.91. The van der Waals surface area contributed by atoms with Gasteiger partial charge in [-0.05, 0) is 17.7 Å². The Labute approximate surface area is 91.7 Å². The first kappa shape index (κ1) is 12.8. The summed E-state index contributed by atoms with van der Waals surface area (Å²) in [6, 6.07) is 3.74. The summed E-state index contributed by atoms with van der Waals surface area (Å²) in [5.41, 5.74) is -0.677. The number of hydrogen-bond donors (Lipinski definition) is 1. The van der Waals surface area contributed by atoms with E-state index in [1.165, 1.54) is 26.2 Å². The van der Waals surface area contributed by atoms with Crippen LogP contribution in [0.1, 0.15) is 24.0 Å². The molecule has 5 heteroatoms. The molecule has 2 nitrogen and oxygen atoms in total. The van der Waals surface area contributed by atoms with E-state index in [1.54, 1.807) is 0 Å². The fraction of sp³-hybridized carbons (Fsp3) is 0.455. The van der Waals surface area contributed by atoms with Crippen molar-refractivity contribution in [3.63, 3.8) is 0 Å². The van der Waals surface area contributed by atoms with Crippen LogP contribution in [0.4, 0.5) is 13.2 Å². The van der Waals surface area contributed by atoms with Crippen LogP contribution in [0, 0.1) is 0 Å². The monoisotopic (exact) mass is 234 g/mol. The molecule has 1 N–H and O–H groups in total. The van der Waals surface area contributed by atoms with Gasteiger partial charge < -0.3 is 9.84 Å². The second-order valence-electron chi connectivity index (χ2n) is 3.53. The van der Waals surface area contributed by atoms with Crippen molar-refractivity contribution in [1.82, 2.24) is 0 Å². The van der Waals surface area contributed by atoms with Crippen molar-refractivity contribution < 1.29 is 23.0 Å². The first-order valence-corrected chi connectivity index (χ1v) is 4.76. The maximum Gasteiger partial charge on any atom is 0.416 e. The highest BCUT2D eigenvalue weighted by Crippen LogP contribution is 2.37. The van der Waals surface area contributed by atoms with Crippen molar-refractivity contribution in [2.75, 3.05) is 13.7 Å². The molecule has 1 aromatic rings. The fourth-order valence-corrected chi connectivity index (χ4v) is 1.44. The Bertz CT molecular complexity index is 361. The molecule has 0 aliphatic rings. The second kappa shape index (κ2) is 4.74. The average Bonchev–Trinajstić information content (AvgIpc) is 2.26. The minimum absolute atomic E-state index is 0.0794. The van der Waals surface area contributed by atoms with E-state index in [9.17, 15) is 13.2 Å². The first-order chi connectivity index (χ1) is 7.40. The minimum atomic E-state index is -4.44. The third-order valence-corrected chi connectivity index (χ3v) is 2.37. The van der Waals surface area contributed by atoms with E-state index in [0.29, 0.717) is 0 Å². The van der Waals surface area contributed by atoms with Gasteiger partial charge in [0.25, 0.3) is 0 Å². The van der Waals surface area contributed by atoms with E-state index < -0.39 is 17.7 Å². The highest BCUT2D eigenvalue weighted by molar-refractivity contribution is 5.39. The Morgan fingerprint density at radius 3 is 2.44 bits per heavy atom. The molecule has 0 aliphatic carbocycles. The molecule has 90 valence electrons. The molecule has 0 radical (unpaired) electrons. The Kier molecular flexibility index (Phi) is 3.80. The van der Waals surface area contributed by atoms with Crippen molar-refractivity contribution in [2.45, 2.75) is 19.0 Å². The van der Waals surface area contributed by atoms with Crippen LogP contribution in [0.15, 0.2) is 18.2 Å². The van der Waals surface area contributed by atoms with Gasteiger partial charge in [0, 0.05) is 12.5 Å². The van der Waals surface area contributed by atoms with Gasteiger partial charge in [0.05, 0.1) is 12.7 Å². The van der Waals surface area contributed by atoms with E-state index in [0.717, 1.165) is 6.07 Å². The van der Waals surface area contributed by atoms with E-state index in [-0.39, 0.29) is 17.9 Å². The van der Waals surface area contributed by atoms with Gasteiger partial charge in [0.1, 0.15) is 5.75 Å². The number of aliphatic hydroxyl groups excluding tert-OH is 1. The van der Waals surface area contributed by atoms with Crippen LogP contribution in [0.5, 0.6) is 5.75 Å². The van der Waals surface area contributed by atoms with Gasteiger partial charge >= 0.3 is 6.18 Å². The average molecular weight is 234 g/mol. The zero-order chi connectivity index (χ0) is 12.3. The van der Waals surface area contributed by atoms with Gasteiger partial charge in [-0.25, -0.2) is 0 Å². The fourth-order valence-electron chi connectivity index (χ4n) is 1.44.